The molecule has 1 aliphatic heterocycles. The molecule has 0 aliphatic carbocycles. The molecular formula is C10H15ClN4S. The van der Waals surface area contributed by atoms with Crippen molar-refractivity contribution in [2.75, 3.05) is 30.8 Å². The molecule has 1 aromatic heterocycles. The van der Waals surface area contributed by atoms with Gasteiger partial charge in [0.25, 0.3) is 0 Å². The Balaban J connectivity index is 2.27. The second kappa shape index (κ2) is 5.21. The maximum atomic E-state index is 5.99. The highest BCUT2D eigenvalue weighted by Crippen LogP contribution is 2.22. The van der Waals surface area contributed by atoms with Gasteiger partial charge >= 0.3 is 0 Å². The highest BCUT2D eigenvalue weighted by atomic mass is 35.5. The largest absolute Gasteiger partial charge is 0.351 e. The third-order valence-electron chi connectivity index (χ3n) is 2.64. The second-order valence-corrected chi connectivity index (χ2v) is 4.94. The molecule has 0 unspecified atom stereocenters. The number of hydrogen-bond acceptors (Lipinski definition) is 5. The number of anilines is 1. The van der Waals surface area contributed by atoms with Crippen LogP contribution in [0.2, 0.25) is 5.15 Å². The summed E-state index contributed by atoms with van der Waals surface area (Å²) in [5.41, 5.74) is 0. The first-order chi connectivity index (χ1) is 7.70. The summed E-state index contributed by atoms with van der Waals surface area (Å²) < 4.78 is 0. The van der Waals surface area contributed by atoms with Gasteiger partial charge in [-0.05, 0) is 13.2 Å². The van der Waals surface area contributed by atoms with E-state index in [1.54, 1.807) is 0 Å². The van der Waals surface area contributed by atoms with Gasteiger partial charge in [0.2, 0.25) is 0 Å². The summed E-state index contributed by atoms with van der Waals surface area (Å²) in [7, 11) is 0. The molecule has 0 saturated carbocycles. The van der Waals surface area contributed by atoms with Gasteiger partial charge in [0.05, 0.1) is 0 Å². The zero-order valence-electron chi connectivity index (χ0n) is 9.40. The van der Waals surface area contributed by atoms with Gasteiger partial charge in [-0.1, -0.05) is 23.4 Å². The van der Waals surface area contributed by atoms with E-state index < -0.39 is 0 Å². The van der Waals surface area contributed by atoms with Crippen LogP contribution in [0.25, 0.3) is 0 Å². The van der Waals surface area contributed by atoms with Crippen molar-refractivity contribution in [3.8, 4) is 0 Å². The summed E-state index contributed by atoms with van der Waals surface area (Å²) in [4.78, 5) is 10.9. The maximum Gasteiger partial charge on any atom is 0.190 e. The van der Waals surface area contributed by atoms with Gasteiger partial charge in [0.15, 0.2) is 5.16 Å². The molecule has 0 amide bonds. The summed E-state index contributed by atoms with van der Waals surface area (Å²) in [6.07, 6.45) is 1.95. The van der Waals surface area contributed by atoms with E-state index in [4.69, 9.17) is 11.6 Å². The number of nitrogens with zero attached hydrogens (tertiary/aromatic N) is 3. The predicted octanol–water partition coefficient (Wildman–Crippen LogP) is 1.65. The molecule has 0 aromatic carbocycles. The van der Waals surface area contributed by atoms with E-state index in [-0.39, 0.29) is 0 Å². The normalized spacial score (nSPS) is 21.2. The Labute approximate surface area is 105 Å². The number of piperazine rings is 1. The number of aromatic nitrogens is 2. The molecule has 1 fully saturated rings. The third kappa shape index (κ3) is 2.59. The first kappa shape index (κ1) is 12.0. The summed E-state index contributed by atoms with van der Waals surface area (Å²) in [6, 6.07) is 2.28. The van der Waals surface area contributed by atoms with Crippen molar-refractivity contribution in [2.24, 2.45) is 0 Å². The van der Waals surface area contributed by atoms with Gasteiger partial charge in [-0.15, -0.1) is 0 Å². The van der Waals surface area contributed by atoms with E-state index in [0.29, 0.717) is 11.2 Å². The molecule has 4 nitrogen and oxygen atoms in total. The topological polar surface area (TPSA) is 41.1 Å². The zero-order chi connectivity index (χ0) is 11.5. The Kier molecular flexibility index (Phi) is 3.89. The van der Waals surface area contributed by atoms with Crippen molar-refractivity contribution in [2.45, 2.75) is 18.1 Å². The average Bonchev–Trinajstić information content (AvgIpc) is 2.28. The van der Waals surface area contributed by atoms with E-state index in [1.807, 2.05) is 12.3 Å². The Morgan fingerprint density at radius 3 is 3.06 bits per heavy atom. The lowest BCUT2D eigenvalue weighted by Gasteiger charge is -2.34. The molecule has 1 aliphatic rings. The van der Waals surface area contributed by atoms with Crippen LogP contribution in [-0.4, -0.2) is 41.9 Å². The Bertz CT molecular complexity index is 374. The summed E-state index contributed by atoms with van der Waals surface area (Å²) in [5, 5.41) is 4.60. The average molecular weight is 259 g/mol. The predicted molar refractivity (Wildman–Crippen MR) is 68.5 cm³/mol. The van der Waals surface area contributed by atoms with Crippen LogP contribution in [0.4, 0.5) is 5.82 Å². The Morgan fingerprint density at radius 2 is 2.38 bits per heavy atom. The fourth-order valence-corrected chi connectivity index (χ4v) is 2.41. The van der Waals surface area contributed by atoms with Crippen LogP contribution in [0.1, 0.15) is 6.92 Å². The highest BCUT2D eigenvalue weighted by Gasteiger charge is 2.20. The van der Waals surface area contributed by atoms with E-state index in [2.05, 4.69) is 27.1 Å². The van der Waals surface area contributed by atoms with Crippen LogP contribution in [-0.2, 0) is 0 Å². The molecular weight excluding hydrogens is 244 g/mol. The Morgan fingerprint density at radius 1 is 1.56 bits per heavy atom. The third-order valence-corrected chi connectivity index (χ3v) is 3.38. The van der Waals surface area contributed by atoms with Gasteiger partial charge in [-0.25, -0.2) is 9.97 Å². The molecule has 16 heavy (non-hydrogen) atoms. The van der Waals surface area contributed by atoms with Crippen molar-refractivity contribution in [1.82, 2.24) is 15.3 Å². The van der Waals surface area contributed by atoms with Crippen LogP contribution in [0.5, 0.6) is 0 Å². The SMILES string of the molecule is CSc1nc(Cl)cc(N2CCNC[C@@H]2C)n1. The monoisotopic (exact) mass is 258 g/mol. The van der Waals surface area contributed by atoms with Crippen molar-refractivity contribution in [1.29, 1.82) is 0 Å². The van der Waals surface area contributed by atoms with Crippen molar-refractivity contribution < 1.29 is 0 Å². The van der Waals surface area contributed by atoms with E-state index in [0.717, 1.165) is 30.6 Å². The first-order valence-corrected chi connectivity index (χ1v) is 6.87. The summed E-state index contributed by atoms with van der Waals surface area (Å²) in [5.74, 6) is 0.929. The molecule has 1 atom stereocenters. The lowest BCUT2D eigenvalue weighted by Crippen LogP contribution is -2.50. The second-order valence-electron chi connectivity index (χ2n) is 3.78. The smallest absolute Gasteiger partial charge is 0.190 e. The molecule has 2 rings (SSSR count). The van der Waals surface area contributed by atoms with E-state index >= 15 is 0 Å². The number of halogens is 1. The minimum Gasteiger partial charge on any atom is -0.351 e. The van der Waals surface area contributed by atoms with Crippen molar-refractivity contribution in [3.05, 3.63) is 11.2 Å². The van der Waals surface area contributed by atoms with Crippen LogP contribution in [0, 0.1) is 0 Å². The fourth-order valence-electron chi connectivity index (χ4n) is 1.81. The number of nitrogens with one attached hydrogen (secondary N) is 1. The zero-order valence-corrected chi connectivity index (χ0v) is 11.0. The van der Waals surface area contributed by atoms with Gasteiger partial charge in [0.1, 0.15) is 11.0 Å². The van der Waals surface area contributed by atoms with Crippen LogP contribution >= 0.6 is 23.4 Å². The van der Waals surface area contributed by atoms with Gasteiger partial charge < -0.3 is 10.2 Å². The quantitative estimate of drug-likeness (QED) is 0.496. The minimum absolute atomic E-state index is 0.439. The van der Waals surface area contributed by atoms with Gasteiger partial charge in [-0.2, -0.15) is 0 Å². The molecule has 0 bridgehead atoms. The Hall–Kier alpha value is -0.520. The first-order valence-electron chi connectivity index (χ1n) is 5.26. The lowest BCUT2D eigenvalue weighted by atomic mass is 10.2. The van der Waals surface area contributed by atoms with Crippen molar-refractivity contribution >= 4 is 29.2 Å². The van der Waals surface area contributed by atoms with Crippen molar-refractivity contribution in [3.63, 3.8) is 0 Å². The molecule has 1 saturated heterocycles. The minimum atomic E-state index is 0.439. The standard InChI is InChI=1S/C10H15ClN4S/c1-7-6-12-3-4-15(7)9-5-8(11)13-10(14-9)16-2/h5,7,12H,3-4,6H2,1-2H3/t7-/m0/s1. The van der Waals surface area contributed by atoms with Gasteiger partial charge in [-0.3, -0.25) is 0 Å². The summed E-state index contributed by atoms with van der Waals surface area (Å²) >= 11 is 7.50. The number of rotatable bonds is 2. The summed E-state index contributed by atoms with van der Waals surface area (Å²) in [6.45, 7) is 5.11. The molecule has 0 spiro atoms. The number of hydrogen-bond donors (Lipinski definition) is 1. The molecule has 1 N–H and O–H groups in total. The van der Waals surface area contributed by atoms with E-state index in [1.165, 1.54) is 11.8 Å². The fraction of sp³-hybridized carbons (Fsp3) is 0.600. The number of thioether (sulfide) groups is 1. The molecule has 1 aromatic rings. The molecule has 6 heteroatoms. The maximum absolute atomic E-state index is 5.99. The van der Waals surface area contributed by atoms with Gasteiger partial charge in [0, 0.05) is 31.7 Å². The van der Waals surface area contributed by atoms with Crippen LogP contribution in [0.3, 0.4) is 0 Å². The van der Waals surface area contributed by atoms with E-state index in [9.17, 15) is 0 Å². The molecule has 88 valence electrons. The molecule has 0 radical (unpaired) electrons. The van der Waals surface area contributed by atoms with Crippen LogP contribution < -0.4 is 10.2 Å². The highest BCUT2D eigenvalue weighted by molar-refractivity contribution is 7.98. The molecule has 2 heterocycles. The van der Waals surface area contributed by atoms with Crippen LogP contribution in [0.15, 0.2) is 11.2 Å². The lowest BCUT2D eigenvalue weighted by molar-refractivity contribution is 0.495.